The lowest BCUT2D eigenvalue weighted by Crippen LogP contribution is -2.22. The zero-order valence-corrected chi connectivity index (χ0v) is 17.9. The number of methoxy groups -OCH3 is 1. The van der Waals surface area contributed by atoms with Gasteiger partial charge in [0.05, 0.1) is 28.4 Å². The number of anilines is 1. The summed E-state index contributed by atoms with van der Waals surface area (Å²) in [7, 11) is 1.53. The summed E-state index contributed by atoms with van der Waals surface area (Å²) in [6.45, 7) is -0.563. The predicted molar refractivity (Wildman–Crippen MR) is 118 cm³/mol. The van der Waals surface area contributed by atoms with Crippen molar-refractivity contribution >= 4 is 46.5 Å². The minimum absolute atomic E-state index is 0.0527. The molecule has 3 aromatic carbocycles. The molecule has 3 aromatic rings. The summed E-state index contributed by atoms with van der Waals surface area (Å²) in [6, 6.07) is 17.5. The van der Waals surface area contributed by atoms with E-state index >= 15 is 0 Å². The molecule has 0 heterocycles. The van der Waals surface area contributed by atoms with Crippen LogP contribution in [0.15, 0.2) is 66.7 Å². The molecule has 158 valence electrons. The largest absolute Gasteiger partial charge is 0.497 e. The van der Waals surface area contributed by atoms with Crippen LogP contribution in [0, 0.1) is 0 Å². The van der Waals surface area contributed by atoms with E-state index in [2.05, 4.69) is 5.32 Å². The lowest BCUT2D eigenvalue weighted by molar-refractivity contribution is -0.119. The van der Waals surface area contributed by atoms with E-state index in [9.17, 15) is 14.4 Å². The Balaban J connectivity index is 1.70. The first kappa shape index (κ1) is 22.3. The SMILES string of the molecule is COc1ccc(C(=O)c2ccccc2C(=O)OCC(=O)Nc2cccc(Cl)c2Cl)cc1. The van der Waals surface area contributed by atoms with Crippen molar-refractivity contribution in [2.75, 3.05) is 19.0 Å². The zero-order valence-electron chi connectivity index (χ0n) is 16.4. The van der Waals surface area contributed by atoms with Gasteiger partial charge in [-0.3, -0.25) is 9.59 Å². The molecule has 0 aliphatic heterocycles. The summed E-state index contributed by atoms with van der Waals surface area (Å²) >= 11 is 11.9. The number of nitrogens with one attached hydrogen (secondary N) is 1. The minimum atomic E-state index is -0.801. The summed E-state index contributed by atoms with van der Waals surface area (Å²) in [6.07, 6.45) is 0. The predicted octanol–water partition coefficient (Wildman–Crippen LogP) is 5.03. The molecule has 0 aliphatic carbocycles. The number of esters is 1. The molecular formula is C23H17Cl2NO5. The standard InChI is InChI=1S/C23H17Cl2NO5/c1-30-15-11-9-14(10-12-15)22(28)16-5-2-3-6-17(16)23(29)31-13-20(27)26-19-8-4-7-18(24)21(19)25/h2-12H,13H2,1H3,(H,26,27). The molecule has 0 spiro atoms. The highest BCUT2D eigenvalue weighted by Gasteiger charge is 2.20. The Labute approximate surface area is 188 Å². The Kier molecular flexibility index (Phi) is 7.28. The molecule has 1 amide bonds. The maximum absolute atomic E-state index is 12.9. The Bertz CT molecular complexity index is 1130. The first-order valence-electron chi connectivity index (χ1n) is 9.09. The molecule has 8 heteroatoms. The second kappa shape index (κ2) is 10.1. The van der Waals surface area contributed by atoms with Crippen LogP contribution in [0.4, 0.5) is 5.69 Å². The number of ketones is 1. The van der Waals surface area contributed by atoms with Gasteiger partial charge in [-0.25, -0.2) is 4.79 Å². The van der Waals surface area contributed by atoms with Crippen LogP contribution in [0.2, 0.25) is 10.0 Å². The topological polar surface area (TPSA) is 81.7 Å². The number of rotatable bonds is 7. The number of hydrogen-bond donors (Lipinski definition) is 1. The van der Waals surface area contributed by atoms with Crippen LogP contribution < -0.4 is 10.1 Å². The van der Waals surface area contributed by atoms with Gasteiger partial charge >= 0.3 is 5.97 Å². The van der Waals surface area contributed by atoms with Gasteiger partial charge in [0, 0.05) is 11.1 Å². The van der Waals surface area contributed by atoms with Gasteiger partial charge in [-0.15, -0.1) is 0 Å². The van der Waals surface area contributed by atoms with E-state index in [4.69, 9.17) is 32.7 Å². The van der Waals surface area contributed by atoms with Crippen molar-refractivity contribution in [1.82, 2.24) is 0 Å². The maximum atomic E-state index is 12.9. The third kappa shape index (κ3) is 5.42. The fourth-order valence-electron chi connectivity index (χ4n) is 2.75. The van der Waals surface area contributed by atoms with Crippen LogP contribution in [-0.2, 0) is 9.53 Å². The molecule has 0 saturated carbocycles. The maximum Gasteiger partial charge on any atom is 0.339 e. The van der Waals surface area contributed by atoms with E-state index < -0.39 is 18.5 Å². The highest BCUT2D eigenvalue weighted by molar-refractivity contribution is 6.44. The Hall–Kier alpha value is -3.35. The van der Waals surface area contributed by atoms with Crippen molar-refractivity contribution in [1.29, 1.82) is 0 Å². The lowest BCUT2D eigenvalue weighted by Gasteiger charge is -2.11. The number of carbonyl (C=O) groups is 3. The van der Waals surface area contributed by atoms with E-state index in [-0.39, 0.29) is 27.0 Å². The number of carbonyl (C=O) groups excluding carboxylic acids is 3. The molecule has 0 unspecified atom stereocenters. The quantitative estimate of drug-likeness (QED) is 0.397. The van der Waals surface area contributed by atoms with Gasteiger partial charge in [0.15, 0.2) is 12.4 Å². The number of halogens is 2. The average Bonchev–Trinajstić information content (AvgIpc) is 2.80. The number of hydrogen-bond acceptors (Lipinski definition) is 5. The van der Waals surface area contributed by atoms with Crippen LogP contribution in [0.5, 0.6) is 5.75 Å². The van der Waals surface area contributed by atoms with E-state index in [0.717, 1.165) is 0 Å². The van der Waals surface area contributed by atoms with Crippen molar-refractivity contribution < 1.29 is 23.9 Å². The van der Waals surface area contributed by atoms with Crippen molar-refractivity contribution in [3.8, 4) is 5.75 Å². The molecule has 31 heavy (non-hydrogen) atoms. The van der Waals surface area contributed by atoms with Crippen LogP contribution >= 0.6 is 23.2 Å². The molecule has 0 fully saturated rings. The van der Waals surface area contributed by atoms with Gasteiger partial charge in [0.1, 0.15) is 5.75 Å². The first-order valence-corrected chi connectivity index (χ1v) is 9.85. The fourth-order valence-corrected chi connectivity index (χ4v) is 3.10. The number of benzene rings is 3. The van der Waals surface area contributed by atoms with Crippen LogP contribution in [0.1, 0.15) is 26.3 Å². The van der Waals surface area contributed by atoms with Gasteiger partial charge in [0.2, 0.25) is 0 Å². The van der Waals surface area contributed by atoms with Crippen LogP contribution in [0.25, 0.3) is 0 Å². The highest BCUT2D eigenvalue weighted by atomic mass is 35.5. The first-order chi connectivity index (χ1) is 14.9. The van der Waals surface area contributed by atoms with Crippen LogP contribution in [0.3, 0.4) is 0 Å². The third-order valence-electron chi connectivity index (χ3n) is 4.30. The summed E-state index contributed by atoms with van der Waals surface area (Å²) < 4.78 is 10.2. The highest BCUT2D eigenvalue weighted by Crippen LogP contribution is 2.29. The smallest absolute Gasteiger partial charge is 0.339 e. The molecule has 0 atom stereocenters. The summed E-state index contributed by atoms with van der Waals surface area (Å²) in [5.41, 5.74) is 0.896. The molecule has 0 radical (unpaired) electrons. The molecule has 3 rings (SSSR count). The monoisotopic (exact) mass is 457 g/mol. The molecule has 1 N–H and O–H groups in total. The van der Waals surface area contributed by atoms with E-state index in [1.807, 2.05) is 0 Å². The van der Waals surface area contributed by atoms with E-state index in [0.29, 0.717) is 17.0 Å². The molecule has 0 aliphatic rings. The summed E-state index contributed by atoms with van der Waals surface area (Å²) in [5, 5.41) is 2.98. The Morgan fingerprint density at radius 2 is 1.55 bits per heavy atom. The molecule has 6 nitrogen and oxygen atoms in total. The molecule has 0 saturated heterocycles. The normalized spacial score (nSPS) is 10.3. The van der Waals surface area contributed by atoms with Crippen LogP contribution in [-0.4, -0.2) is 31.4 Å². The number of ether oxygens (including phenoxy) is 2. The molecular weight excluding hydrogens is 441 g/mol. The van der Waals surface area contributed by atoms with Gasteiger partial charge < -0.3 is 14.8 Å². The van der Waals surface area contributed by atoms with Crippen molar-refractivity contribution in [3.63, 3.8) is 0 Å². The second-order valence-corrected chi connectivity index (χ2v) is 7.11. The van der Waals surface area contributed by atoms with Gasteiger partial charge in [0.25, 0.3) is 5.91 Å². The van der Waals surface area contributed by atoms with Gasteiger partial charge in [-0.1, -0.05) is 47.5 Å². The minimum Gasteiger partial charge on any atom is -0.497 e. The van der Waals surface area contributed by atoms with E-state index in [1.54, 1.807) is 54.6 Å². The van der Waals surface area contributed by atoms with Crippen molar-refractivity contribution in [2.45, 2.75) is 0 Å². The molecule has 0 aromatic heterocycles. The summed E-state index contributed by atoms with van der Waals surface area (Å²) in [4.78, 5) is 37.6. The van der Waals surface area contributed by atoms with Crippen molar-refractivity contribution in [2.24, 2.45) is 0 Å². The fraction of sp³-hybridized carbons (Fsp3) is 0.0870. The summed E-state index contributed by atoms with van der Waals surface area (Å²) in [5.74, 6) is -1.15. The van der Waals surface area contributed by atoms with Gasteiger partial charge in [-0.05, 0) is 42.5 Å². The zero-order chi connectivity index (χ0) is 22.4. The number of amides is 1. The van der Waals surface area contributed by atoms with E-state index in [1.165, 1.54) is 19.2 Å². The Morgan fingerprint density at radius 1 is 0.871 bits per heavy atom. The second-order valence-electron chi connectivity index (χ2n) is 6.33. The third-order valence-corrected chi connectivity index (χ3v) is 5.12. The molecule has 0 bridgehead atoms. The Morgan fingerprint density at radius 3 is 2.23 bits per heavy atom. The van der Waals surface area contributed by atoms with Crippen molar-refractivity contribution in [3.05, 3.63) is 93.5 Å². The lowest BCUT2D eigenvalue weighted by atomic mass is 9.98. The average molecular weight is 458 g/mol. The van der Waals surface area contributed by atoms with Gasteiger partial charge in [-0.2, -0.15) is 0 Å².